The van der Waals surface area contributed by atoms with Crippen molar-refractivity contribution in [3.8, 4) is 5.75 Å². The van der Waals surface area contributed by atoms with Gasteiger partial charge in [-0.05, 0) is 47.9 Å². The number of ketones is 1. The van der Waals surface area contributed by atoms with Crippen molar-refractivity contribution < 1.29 is 14.6 Å². The molecule has 0 spiro atoms. The molecule has 5 heteroatoms. The molecular formula is C20H18BrNO3. The smallest absolute Gasteiger partial charge is 0.168 e. The van der Waals surface area contributed by atoms with Crippen LogP contribution < -0.4 is 4.74 Å². The highest BCUT2D eigenvalue weighted by Crippen LogP contribution is 2.34. The van der Waals surface area contributed by atoms with Crippen LogP contribution >= 0.6 is 15.9 Å². The maximum Gasteiger partial charge on any atom is 0.168 e. The van der Waals surface area contributed by atoms with Crippen LogP contribution in [0, 0.1) is 0 Å². The van der Waals surface area contributed by atoms with Crippen LogP contribution in [0.1, 0.15) is 24.3 Å². The van der Waals surface area contributed by atoms with Crippen molar-refractivity contribution in [3.05, 3.63) is 69.9 Å². The molecule has 0 fully saturated rings. The molecule has 1 aliphatic carbocycles. The summed E-state index contributed by atoms with van der Waals surface area (Å²) >= 11 is 3.37. The van der Waals surface area contributed by atoms with E-state index in [-0.39, 0.29) is 17.5 Å². The molecule has 1 unspecified atom stereocenters. The molecule has 0 saturated carbocycles. The minimum absolute atomic E-state index is 0.0487. The summed E-state index contributed by atoms with van der Waals surface area (Å²) in [7, 11) is 1.61. The molecule has 0 amide bonds. The van der Waals surface area contributed by atoms with Crippen molar-refractivity contribution in [1.29, 1.82) is 0 Å². The lowest BCUT2D eigenvalue weighted by molar-refractivity contribution is -0.116. The van der Waals surface area contributed by atoms with Crippen LogP contribution in [0.3, 0.4) is 0 Å². The molecule has 128 valence electrons. The predicted octanol–water partition coefficient (Wildman–Crippen LogP) is 5.12. The number of hydrogen-bond donors (Lipinski definition) is 1. The molecule has 25 heavy (non-hydrogen) atoms. The molecule has 1 atom stereocenters. The molecular weight excluding hydrogens is 382 g/mol. The average Bonchev–Trinajstić information content (AvgIpc) is 2.62. The molecule has 0 bridgehead atoms. The van der Waals surface area contributed by atoms with E-state index in [9.17, 15) is 9.90 Å². The predicted molar refractivity (Wildman–Crippen MR) is 102 cm³/mol. The number of halogens is 1. The number of hydrogen-bond acceptors (Lipinski definition) is 4. The van der Waals surface area contributed by atoms with Crippen molar-refractivity contribution in [3.63, 3.8) is 0 Å². The van der Waals surface area contributed by atoms with E-state index in [4.69, 9.17) is 4.74 Å². The summed E-state index contributed by atoms with van der Waals surface area (Å²) in [6.07, 6.45) is 2.22. The molecule has 2 aromatic rings. The Morgan fingerprint density at radius 3 is 2.64 bits per heavy atom. The minimum Gasteiger partial charge on any atom is -0.511 e. The molecule has 0 aromatic heterocycles. The number of nitrogens with zero attached hydrogens (tertiary/aromatic N) is 1. The van der Waals surface area contributed by atoms with Crippen LogP contribution in [-0.2, 0) is 4.79 Å². The van der Waals surface area contributed by atoms with Crippen molar-refractivity contribution >= 4 is 33.6 Å². The first-order chi connectivity index (χ1) is 12.1. The number of carbonyl (C=O) groups excluding carboxylic acids is 1. The van der Waals surface area contributed by atoms with Gasteiger partial charge in [-0.2, -0.15) is 0 Å². The lowest BCUT2D eigenvalue weighted by atomic mass is 9.83. The fourth-order valence-corrected chi connectivity index (χ4v) is 3.12. The minimum atomic E-state index is -0.0996. The van der Waals surface area contributed by atoms with Gasteiger partial charge in [-0.15, -0.1) is 0 Å². The number of methoxy groups -OCH3 is 1. The molecule has 1 N–H and O–H groups in total. The number of benzene rings is 2. The number of rotatable bonds is 4. The van der Waals surface area contributed by atoms with Gasteiger partial charge in [0.05, 0.1) is 18.4 Å². The fourth-order valence-electron chi connectivity index (χ4n) is 2.85. The molecule has 3 rings (SSSR count). The van der Waals surface area contributed by atoms with Crippen LogP contribution in [0.2, 0.25) is 0 Å². The highest BCUT2D eigenvalue weighted by molar-refractivity contribution is 9.10. The van der Waals surface area contributed by atoms with E-state index in [1.807, 2.05) is 48.5 Å². The molecule has 0 radical (unpaired) electrons. The maximum atomic E-state index is 12.5. The Hall–Kier alpha value is -2.40. The van der Waals surface area contributed by atoms with E-state index in [2.05, 4.69) is 20.9 Å². The molecule has 0 heterocycles. The SMILES string of the molecule is COc1cccc(C2CC(=O)C(C=Nc3ccc(Br)cc3)=C(O)C2)c1. The highest BCUT2D eigenvalue weighted by atomic mass is 79.9. The first-order valence-corrected chi connectivity index (χ1v) is 8.75. The summed E-state index contributed by atoms with van der Waals surface area (Å²) in [6, 6.07) is 15.0. The number of carbonyl (C=O) groups is 1. The number of aliphatic hydroxyl groups excluding tert-OH is 1. The third-order valence-corrected chi connectivity index (χ3v) is 4.75. The van der Waals surface area contributed by atoms with Crippen molar-refractivity contribution in [2.45, 2.75) is 18.8 Å². The second-order valence-corrected chi connectivity index (χ2v) is 6.82. The van der Waals surface area contributed by atoms with Crippen molar-refractivity contribution in [1.82, 2.24) is 0 Å². The van der Waals surface area contributed by atoms with Crippen LogP contribution in [0.5, 0.6) is 5.75 Å². The van der Waals surface area contributed by atoms with E-state index in [0.717, 1.165) is 21.5 Å². The number of aliphatic imine (C=N–C) groups is 1. The van der Waals surface area contributed by atoms with E-state index in [0.29, 0.717) is 18.4 Å². The Morgan fingerprint density at radius 1 is 1.20 bits per heavy atom. The van der Waals surface area contributed by atoms with Crippen LogP contribution in [-0.4, -0.2) is 24.2 Å². The van der Waals surface area contributed by atoms with Crippen LogP contribution in [0.4, 0.5) is 5.69 Å². The number of ether oxygens (including phenoxy) is 1. The van der Waals surface area contributed by atoms with Gasteiger partial charge in [0.2, 0.25) is 0 Å². The largest absolute Gasteiger partial charge is 0.511 e. The zero-order valence-corrected chi connectivity index (χ0v) is 15.4. The van der Waals surface area contributed by atoms with Gasteiger partial charge in [-0.25, -0.2) is 0 Å². The summed E-state index contributed by atoms with van der Waals surface area (Å²) in [6.45, 7) is 0. The van der Waals surface area contributed by atoms with Crippen LogP contribution in [0.25, 0.3) is 0 Å². The zero-order chi connectivity index (χ0) is 17.8. The lowest BCUT2D eigenvalue weighted by Gasteiger charge is -2.22. The Kier molecular flexibility index (Phi) is 5.34. The average molecular weight is 400 g/mol. The van der Waals surface area contributed by atoms with Gasteiger partial charge in [0.15, 0.2) is 5.78 Å². The Bertz CT molecular complexity index is 840. The second-order valence-electron chi connectivity index (χ2n) is 5.90. The Balaban J connectivity index is 1.80. The third-order valence-electron chi connectivity index (χ3n) is 4.22. The first-order valence-electron chi connectivity index (χ1n) is 7.95. The molecule has 0 aliphatic heterocycles. The van der Waals surface area contributed by atoms with Gasteiger partial charge in [0.25, 0.3) is 0 Å². The summed E-state index contributed by atoms with van der Waals surface area (Å²) in [5.74, 6) is 0.686. The Morgan fingerprint density at radius 2 is 1.96 bits per heavy atom. The van der Waals surface area contributed by atoms with E-state index in [1.54, 1.807) is 7.11 Å². The van der Waals surface area contributed by atoms with Crippen molar-refractivity contribution in [2.24, 2.45) is 4.99 Å². The normalized spacial score (nSPS) is 18.0. The zero-order valence-electron chi connectivity index (χ0n) is 13.8. The van der Waals surface area contributed by atoms with Gasteiger partial charge in [0, 0.05) is 23.5 Å². The second kappa shape index (κ2) is 7.66. The standard InChI is InChI=1S/C20H18BrNO3/c1-25-17-4-2-3-13(9-17)14-10-19(23)18(20(24)11-14)12-22-16-7-5-15(21)6-8-16/h2-9,12,14,23H,10-11H2,1H3. The molecule has 4 nitrogen and oxygen atoms in total. The third kappa shape index (κ3) is 4.17. The summed E-state index contributed by atoms with van der Waals surface area (Å²) in [4.78, 5) is 16.8. The van der Waals surface area contributed by atoms with E-state index >= 15 is 0 Å². The van der Waals surface area contributed by atoms with Gasteiger partial charge < -0.3 is 9.84 Å². The molecule has 0 saturated heterocycles. The fraction of sp³-hybridized carbons (Fsp3) is 0.200. The van der Waals surface area contributed by atoms with Gasteiger partial charge in [0.1, 0.15) is 11.5 Å². The Labute approximate surface area is 155 Å². The number of aliphatic hydroxyl groups is 1. The van der Waals surface area contributed by atoms with E-state index in [1.165, 1.54) is 6.21 Å². The lowest BCUT2D eigenvalue weighted by Crippen LogP contribution is -2.19. The van der Waals surface area contributed by atoms with Gasteiger partial charge >= 0.3 is 0 Å². The topological polar surface area (TPSA) is 58.9 Å². The van der Waals surface area contributed by atoms with Gasteiger partial charge in [-0.3, -0.25) is 9.79 Å². The molecule has 1 aliphatic rings. The molecule has 2 aromatic carbocycles. The van der Waals surface area contributed by atoms with Crippen molar-refractivity contribution in [2.75, 3.05) is 7.11 Å². The first kappa shape index (κ1) is 17.4. The quantitative estimate of drug-likeness (QED) is 0.725. The maximum absolute atomic E-state index is 12.5. The summed E-state index contributed by atoms with van der Waals surface area (Å²) in [5.41, 5.74) is 2.01. The highest BCUT2D eigenvalue weighted by Gasteiger charge is 2.28. The van der Waals surface area contributed by atoms with Gasteiger partial charge in [-0.1, -0.05) is 28.1 Å². The monoisotopic (exact) mass is 399 g/mol. The van der Waals surface area contributed by atoms with Crippen LogP contribution in [0.15, 0.2) is 69.3 Å². The summed E-state index contributed by atoms with van der Waals surface area (Å²) < 4.78 is 6.19. The number of allylic oxidation sites excluding steroid dienone is 2. The number of Topliss-reactive ketones (excluding diaryl/α,β-unsaturated/α-hetero) is 1. The van der Waals surface area contributed by atoms with E-state index < -0.39 is 0 Å². The summed E-state index contributed by atoms with van der Waals surface area (Å²) in [5, 5.41) is 10.3.